The van der Waals surface area contributed by atoms with Crippen molar-refractivity contribution in [3.8, 4) is 138 Å². The molecule has 17 rings (SSSR count). The molecule has 2 aliphatic heterocycles. The molecule has 602 valence electrons. The Morgan fingerprint density at radius 1 is 0.158 bits per heavy atom. The van der Waals surface area contributed by atoms with E-state index in [2.05, 4.69) is 273 Å². The van der Waals surface area contributed by atoms with E-state index in [1.54, 1.807) is 0 Å². The minimum atomic E-state index is 0.296. The maximum Gasteiger partial charge on any atom is 0.170 e. The Balaban J connectivity index is 1.03. The average Bonchev–Trinajstić information content (AvgIpc) is 1.58. The number of hydrogen-bond donors (Lipinski definition) is 2. The van der Waals surface area contributed by atoms with Gasteiger partial charge in [-0.25, -0.2) is 29.9 Å². The number of ether oxygens (including phenoxy) is 8. The van der Waals surface area contributed by atoms with Crippen LogP contribution in [0, 0.1) is 166 Å². The lowest BCUT2D eigenvalue weighted by Gasteiger charge is -2.19. The van der Waals surface area contributed by atoms with Gasteiger partial charge in [0.25, 0.3) is 0 Å². The molecule has 0 radical (unpaired) electrons. The summed E-state index contributed by atoms with van der Waals surface area (Å²) in [7, 11) is 0. The Bertz CT molecular complexity index is 6090. The lowest BCUT2D eigenvalue weighted by Crippen LogP contribution is -1.98. The van der Waals surface area contributed by atoms with Crippen LogP contribution in [0.25, 0.3) is 89.7 Å². The van der Waals surface area contributed by atoms with Crippen LogP contribution in [0.3, 0.4) is 0 Å². The first-order chi connectivity index (χ1) is 57.2. The molecular formula is C104H98N8O8. The van der Waals surface area contributed by atoms with E-state index in [0.29, 0.717) is 182 Å². The van der Waals surface area contributed by atoms with Crippen LogP contribution in [-0.2, 0) is 0 Å². The van der Waals surface area contributed by atoms with Gasteiger partial charge in [0.05, 0.1) is 0 Å². The Morgan fingerprint density at radius 2 is 0.283 bits per heavy atom. The van der Waals surface area contributed by atoms with Crippen LogP contribution >= 0.6 is 0 Å². The summed E-state index contributed by atoms with van der Waals surface area (Å²) >= 11 is 0. The molecule has 0 unspecified atom stereocenters. The van der Waals surface area contributed by atoms with E-state index in [9.17, 15) is 0 Å². The lowest BCUT2D eigenvalue weighted by molar-refractivity contribution is 0.413. The molecule has 2 N–H and O–H groups in total. The van der Waals surface area contributed by atoms with Crippen LogP contribution in [0.15, 0.2) is 146 Å². The Kier molecular flexibility index (Phi) is 20.0. The van der Waals surface area contributed by atoms with Gasteiger partial charge in [0.15, 0.2) is 69.3 Å². The highest BCUT2D eigenvalue weighted by Gasteiger charge is 2.31. The third-order valence-corrected chi connectivity index (χ3v) is 22.6. The van der Waals surface area contributed by atoms with Gasteiger partial charge in [-0.3, -0.25) is 0 Å². The van der Waals surface area contributed by atoms with Crippen molar-refractivity contribution in [1.82, 2.24) is 39.9 Å². The molecule has 0 aliphatic carbocycles. The minimum absolute atomic E-state index is 0.296. The van der Waals surface area contributed by atoms with Gasteiger partial charge in [-0.1, -0.05) is 142 Å². The number of benzene rings is 12. The number of aromatic amines is 2. The van der Waals surface area contributed by atoms with Gasteiger partial charge in [-0.05, 0) is 304 Å². The number of H-pyrrole nitrogens is 2. The predicted molar refractivity (Wildman–Crippen MR) is 482 cm³/mol. The molecule has 2 aliphatic rings. The minimum Gasteiger partial charge on any atom is -0.453 e. The van der Waals surface area contributed by atoms with Crippen molar-refractivity contribution in [2.75, 3.05) is 0 Å². The van der Waals surface area contributed by atoms with Crippen molar-refractivity contribution in [2.24, 2.45) is 0 Å². The van der Waals surface area contributed by atoms with Crippen LogP contribution in [0.4, 0.5) is 0 Å². The van der Waals surface area contributed by atoms with Crippen molar-refractivity contribution >= 4 is 44.1 Å². The number of aryl methyl sites for hydroxylation is 24. The summed E-state index contributed by atoms with van der Waals surface area (Å²) in [6, 6.07) is 49.8. The van der Waals surface area contributed by atoms with Crippen molar-refractivity contribution < 1.29 is 37.9 Å². The van der Waals surface area contributed by atoms with E-state index in [4.69, 9.17) is 67.8 Å². The zero-order chi connectivity index (χ0) is 84.6. The Labute approximate surface area is 700 Å². The topological polar surface area (TPSA) is 183 Å². The van der Waals surface area contributed by atoms with Crippen LogP contribution in [0.2, 0.25) is 0 Å². The van der Waals surface area contributed by atoms with Crippen molar-refractivity contribution in [3.05, 3.63) is 279 Å². The Hall–Kier alpha value is -13.6. The van der Waals surface area contributed by atoms with Gasteiger partial charge in [-0.2, -0.15) is 0 Å². The third kappa shape index (κ3) is 14.8. The molecule has 0 amide bonds. The monoisotopic (exact) mass is 1590 g/mol. The number of aromatic nitrogens is 8. The summed E-state index contributed by atoms with van der Waals surface area (Å²) in [6.45, 7) is 49.8. The summed E-state index contributed by atoms with van der Waals surface area (Å²) in [5.74, 6) is 10.1. The molecule has 12 aromatic carbocycles. The molecular weight excluding hydrogens is 1490 g/mol. The van der Waals surface area contributed by atoms with Gasteiger partial charge in [0.1, 0.15) is 68.6 Å². The Morgan fingerprint density at radius 3 is 0.417 bits per heavy atom. The second-order valence-corrected chi connectivity index (χ2v) is 33.6. The molecule has 16 heteroatoms. The molecule has 0 saturated carbocycles. The SMILES string of the molecule is Cc1cc(C)c(Oc2cc3c(cc2Oc2c(C)cc(C)cc2C)-c2nc-3nc3[nH]c(nc4nc(nc5[nH]c(n2)c2cc(Oc6c(C)cc(C)cc6C)c(Oc6c(C)cc(C)cc6C)cc52)-c2cc(Oc5c(C)cc(C)cc5C)c(Oc5c(C)cc(C)cc5C)cc2-4)c2cc(Oc4c(C)cc(C)cc4C)c(Oc4c(C)cc(C)cc4C)cc32)c(C)c1. The van der Waals surface area contributed by atoms with Crippen LogP contribution < -0.4 is 37.9 Å². The van der Waals surface area contributed by atoms with Gasteiger partial charge in [0.2, 0.25) is 0 Å². The van der Waals surface area contributed by atoms with Crippen molar-refractivity contribution in [3.63, 3.8) is 0 Å². The first kappa shape index (κ1) is 78.9. The molecule has 15 aromatic rings. The fourth-order valence-electron chi connectivity index (χ4n) is 18.0. The molecule has 3 aromatic heterocycles. The van der Waals surface area contributed by atoms with E-state index in [1.165, 1.54) is 0 Å². The fourth-order valence-corrected chi connectivity index (χ4v) is 18.0. The molecule has 16 nitrogen and oxygen atoms in total. The first-order valence-corrected chi connectivity index (χ1v) is 40.8. The van der Waals surface area contributed by atoms with Gasteiger partial charge in [-0.15, -0.1) is 0 Å². The van der Waals surface area contributed by atoms with E-state index in [0.717, 1.165) is 134 Å². The number of nitrogens with one attached hydrogen (secondary N) is 2. The highest BCUT2D eigenvalue weighted by Crippen LogP contribution is 2.53. The van der Waals surface area contributed by atoms with E-state index in [1.807, 2.05) is 48.5 Å². The number of fused-ring (bicyclic) bond motifs is 20. The summed E-state index contributed by atoms with van der Waals surface area (Å²) in [4.78, 5) is 41.8. The van der Waals surface area contributed by atoms with Crippen LogP contribution in [-0.4, -0.2) is 39.9 Å². The van der Waals surface area contributed by atoms with Gasteiger partial charge >= 0.3 is 0 Å². The molecule has 0 fully saturated rings. The highest BCUT2D eigenvalue weighted by molar-refractivity contribution is 6.08. The molecule has 8 bridgehead atoms. The lowest BCUT2D eigenvalue weighted by atomic mass is 10.0. The first-order valence-electron chi connectivity index (χ1n) is 40.8. The van der Waals surface area contributed by atoms with Crippen molar-refractivity contribution in [2.45, 2.75) is 166 Å². The van der Waals surface area contributed by atoms with Gasteiger partial charge in [0, 0.05) is 43.8 Å². The normalized spacial score (nSPS) is 11.7. The molecule has 5 heterocycles. The van der Waals surface area contributed by atoms with Crippen LogP contribution in [0.1, 0.15) is 134 Å². The van der Waals surface area contributed by atoms with E-state index in [-0.39, 0.29) is 0 Å². The number of hydrogen-bond acceptors (Lipinski definition) is 14. The maximum absolute atomic E-state index is 7.29. The standard InChI is InChI=1S/C104H98N8O8/c1-49-25-57(9)89(58(10)26-49)113-81-41-73-74(42-82(81)114-90-59(11)27-50(2)28-60(90)12)98-105-97(73)109-99-75-43-83(115-91-61(13)29-51(3)30-62(91)14)84(116-92-63(15)31-52(4)32-64(92)16)44-76(75)101(106-99)111-103-79-47-87(119-95-69(21)37-55(7)38-70(95)22)88(120-96-71(23)39-56(8)40-72(96)24)48-80(79)104(108-103)112-102-78-46-86(118-94-67(19)35-54(6)36-68(94)20)85(45-77(78)100(107-102)110-98)117-93-65(17)33-53(5)34-66(93)18/h25-48H,1-24H3,(H2,105,106,107,108,109,110,111,112). The highest BCUT2D eigenvalue weighted by atomic mass is 16.5. The summed E-state index contributed by atoms with van der Waals surface area (Å²) < 4.78 is 58.3. The van der Waals surface area contributed by atoms with E-state index >= 15 is 0 Å². The molecule has 0 atom stereocenters. The smallest absolute Gasteiger partial charge is 0.170 e. The molecule has 120 heavy (non-hydrogen) atoms. The zero-order valence-corrected chi connectivity index (χ0v) is 72.8. The second kappa shape index (κ2) is 30.4. The number of nitrogens with zero attached hydrogens (tertiary/aromatic N) is 6. The zero-order valence-electron chi connectivity index (χ0n) is 72.8. The maximum atomic E-state index is 7.29. The average molecular weight is 1590 g/mol. The molecule has 0 spiro atoms. The third-order valence-electron chi connectivity index (χ3n) is 22.6. The number of rotatable bonds is 16. The fraction of sp³-hybridized carbons (Fsp3) is 0.231. The van der Waals surface area contributed by atoms with Crippen molar-refractivity contribution in [1.29, 1.82) is 0 Å². The quantitative estimate of drug-likeness (QED) is 0.0932. The predicted octanol–water partition coefficient (Wildman–Crippen LogP) is 28.6. The van der Waals surface area contributed by atoms with Gasteiger partial charge < -0.3 is 47.9 Å². The van der Waals surface area contributed by atoms with Crippen LogP contribution in [0.5, 0.6) is 92.0 Å². The van der Waals surface area contributed by atoms with E-state index < -0.39 is 0 Å². The largest absolute Gasteiger partial charge is 0.453 e. The summed E-state index contributed by atoms with van der Waals surface area (Å²) in [5, 5.41) is 2.49. The second-order valence-electron chi connectivity index (χ2n) is 33.6. The summed E-state index contributed by atoms with van der Waals surface area (Å²) in [5.41, 5.74) is 28.0. The summed E-state index contributed by atoms with van der Waals surface area (Å²) in [6.07, 6.45) is 0. The molecule has 0 saturated heterocycles.